The highest BCUT2D eigenvalue weighted by molar-refractivity contribution is 6.83. The van der Waals surface area contributed by atoms with Crippen LogP contribution in [-0.2, 0) is 12.6 Å². The van der Waals surface area contributed by atoms with E-state index < -0.39 is 19.8 Å². The Hall–Kier alpha value is -2.80. The second-order valence-electron chi connectivity index (χ2n) is 17.0. The maximum atomic E-state index is 14.9. The van der Waals surface area contributed by atoms with E-state index in [-0.39, 0.29) is 44.5 Å². The molecule has 0 saturated heterocycles. The van der Waals surface area contributed by atoms with Crippen LogP contribution in [0.4, 0.5) is 17.6 Å². The number of rotatable bonds is 6. The first kappa shape index (κ1) is 34.1. The van der Waals surface area contributed by atoms with Crippen LogP contribution in [0.3, 0.4) is 0 Å². The van der Waals surface area contributed by atoms with Gasteiger partial charge in [-0.15, -0.1) is 0 Å². The Balaban J connectivity index is 1.69. The average Bonchev–Trinajstić information content (AvgIpc) is 3.49. The van der Waals surface area contributed by atoms with Crippen molar-refractivity contribution in [3.8, 4) is 11.1 Å². The lowest BCUT2D eigenvalue weighted by Gasteiger charge is -2.63. The van der Waals surface area contributed by atoms with E-state index in [2.05, 4.69) is 47.7 Å². The number of aromatic nitrogens is 1. The van der Waals surface area contributed by atoms with E-state index in [1.165, 1.54) is 30.7 Å². The first-order valence-electron chi connectivity index (χ1n) is 17.4. The molecule has 2 fully saturated rings. The van der Waals surface area contributed by atoms with Gasteiger partial charge in [-0.3, -0.25) is 9.78 Å². The molecule has 7 heteroatoms. The van der Waals surface area contributed by atoms with Crippen molar-refractivity contribution in [3.63, 3.8) is 0 Å². The lowest BCUT2D eigenvalue weighted by Crippen LogP contribution is -2.57. The SMILES string of the molecule is CC1(C)Cc2nc(C3CCCC3)c(C(=O)c3ccc(C(F)(F)F)cc3)c(-c3ccc(F)cc3)c2C(C2([Si](C)(C)C(C)(C)C)CCC2)C1. The van der Waals surface area contributed by atoms with Gasteiger partial charge in [0, 0.05) is 17.2 Å². The number of benzene rings is 2. The van der Waals surface area contributed by atoms with E-state index >= 15 is 0 Å². The average molecular weight is 664 g/mol. The first-order chi connectivity index (χ1) is 21.9. The Kier molecular flexibility index (Phi) is 8.46. The highest BCUT2D eigenvalue weighted by Gasteiger charge is 2.61. The molecule has 0 amide bonds. The summed E-state index contributed by atoms with van der Waals surface area (Å²) in [6.07, 6.45) is 4.65. The van der Waals surface area contributed by atoms with Crippen LogP contribution in [0, 0.1) is 11.2 Å². The van der Waals surface area contributed by atoms with Crippen molar-refractivity contribution in [2.24, 2.45) is 5.41 Å². The summed E-state index contributed by atoms with van der Waals surface area (Å²) in [5.74, 6) is -0.388. The van der Waals surface area contributed by atoms with Crippen LogP contribution in [0.2, 0.25) is 23.2 Å². The standard InChI is InChI=1S/C40H49F4NOSi/c1-37(2,3)47(6,7)39(21-10-22-39)30-23-38(4,5)24-31-33(30)32(25-15-19-29(41)20-16-25)34(35(45-31)26-11-8-9-12-26)36(46)27-13-17-28(18-14-27)40(42,43)44/h13-20,26,30H,8-12,21-24H2,1-7H3. The molecule has 2 aromatic carbocycles. The van der Waals surface area contributed by atoms with Crippen molar-refractivity contribution in [1.29, 1.82) is 0 Å². The zero-order valence-electron chi connectivity index (χ0n) is 29.0. The fraction of sp³-hybridized carbons (Fsp3) is 0.550. The lowest BCUT2D eigenvalue weighted by molar-refractivity contribution is -0.137. The lowest BCUT2D eigenvalue weighted by atomic mass is 9.60. The largest absolute Gasteiger partial charge is 0.416 e. The number of carbonyl (C=O) groups excluding carboxylic acids is 1. The molecule has 1 atom stereocenters. The van der Waals surface area contributed by atoms with Gasteiger partial charge in [-0.05, 0) is 101 Å². The second-order valence-corrected chi connectivity index (χ2v) is 22.7. The quantitative estimate of drug-likeness (QED) is 0.149. The van der Waals surface area contributed by atoms with E-state index in [0.717, 1.165) is 91.6 Å². The topological polar surface area (TPSA) is 30.0 Å². The summed E-state index contributed by atoms with van der Waals surface area (Å²) in [6.45, 7) is 16.9. The number of ketones is 1. The number of hydrogen-bond acceptors (Lipinski definition) is 2. The van der Waals surface area contributed by atoms with Crippen molar-refractivity contribution in [1.82, 2.24) is 4.98 Å². The van der Waals surface area contributed by atoms with Gasteiger partial charge in [-0.25, -0.2) is 4.39 Å². The predicted molar refractivity (Wildman–Crippen MR) is 184 cm³/mol. The van der Waals surface area contributed by atoms with Crippen LogP contribution in [0.15, 0.2) is 48.5 Å². The molecule has 1 unspecified atom stereocenters. The number of nitrogens with zero attached hydrogens (tertiary/aromatic N) is 1. The van der Waals surface area contributed by atoms with E-state index in [1.54, 1.807) is 12.1 Å². The van der Waals surface area contributed by atoms with E-state index in [1.807, 2.05) is 0 Å². The van der Waals surface area contributed by atoms with Crippen molar-refractivity contribution in [3.05, 3.63) is 88.0 Å². The van der Waals surface area contributed by atoms with Crippen molar-refractivity contribution in [2.75, 3.05) is 0 Å². The summed E-state index contributed by atoms with van der Waals surface area (Å²) in [7, 11) is -1.97. The Morgan fingerprint density at radius 2 is 1.49 bits per heavy atom. The molecular formula is C40H49F4NOSi. The normalized spacial score (nSPS) is 21.3. The fourth-order valence-corrected chi connectivity index (χ4v) is 13.4. The number of fused-ring (bicyclic) bond motifs is 1. The van der Waals surface area contributed by atoms with Crippen LogP contribution >= 0.6 is 0 Å². The van der Waals surface area contributed by atoms with Crippen molar-refractivity contribution in [2.45, 2.75) is 134 Å². The van der Waals surface area contributed by atoms with Crippen LogP contribution < -0.4 is 0 Å². The molecule has 3 aliphatic rings. The summed E-state index contributed by atoms with van der Waals surface area (Å²) in [5.41, 5.74) is 4.55. The third-order valence-corrected chi connectivity index (χ3v) is 19.8. The molecule has 3 aliphatic carbocycles. The number of carbonyl (C=O) groups is 1. The number of halogens is 4. The summed E-state index contributed by atoms with van der Waals surface area (Å²) < 4.78 is 55.1. The minimum Gasteiger partial charge on any atom is -0.289 e. The fourth-order valence-electron chi connectivity index (χ4n) is 9.14. The van der Waals surface area contributed by atoms with Gasteiger partial charge in [0.05, 0.1) is 24.9 Å². The number of pyridine rings is 1. The summed E-state index contributed by atoms with van der Waals surface area (Å²) in [6, 6.07) is 11.1. The Labute approximate surface area is 278 Å². The minimum absolute atomic E-state index is 0.00157. The smallest absolute Gasteiger partial charge is 0.289 e. The van der Waals surface area contributed by atoms with Crippen LogP contribution in [-0.4, -0.2) is 18.8 Å². The maximum Gasteiger partial charge on any atom is 0.416 e. The third kappa shape index (κ3) is 5.82. The van der Waals surface area contributed by atoms with E-state index in [9.17, 15) is 22.4 Å². The molecule has 47 heavy (non-hydrogen) atoms. The molecule has 1 aromatic heterocycles. The Bertz CT molecular complexity index is 1650. The zero-order valence-corrected chi connectivity index (χ0v) is 30.0. The molecule has 0 radical (unpaired) electrons. The first-order valence-corrected chi connectivity index (χ1v) is 20.4. The molecule has 0 bridgehead atoms. The molecule has 2 nitrogen and oxygen atoms in total. The number of hydrogen-bond donors (Lipinski definition) is 0. The van der Waals surface area contributed by atoms with Gasteiger partial charge >= 0.3 is 6.18 Å². The molecule has 0 spiro atoms. The summed E-state index contributed by atoms with van der Waals surface area (Å²) >= 11 is 0. The highest BCUT2D eigenvalue weighted by Crippen LogP contribution is 2.72. The molecule has 0 aliphatic heterocycles. The summed E-state index contributed by atoms with van der Waals surface area (Å²) in [5, 5.41) is 0.235. The van der Waals surface area contributed by atoms with Crippen molar-refractivity contribution < 1.29 is 22.4 Å². The molecule has 3 aromatic rings. The van der Waals surface area contributed by atoms with E-state index in [4.69, 9.17) is 4.98 Å². The minimum atomic E-state index is -4.50. The zero-order chi connectivity index (χ0) is 34.2. The van der Waals surface area contributed by atoms with Crippen LogP contribution in [0.25, 0.3) is 11.1 Å². The van der Waals surface area contributed by atoms with Crippen molar-refractivity contribution >= 4 is 13.9 Å². The van der Waals surface area contributed by atoms with Gasteiger partial charge in [-0.2, -0.15) is 13.2 Å². The molecule has 252 valence electrons. The molecular weight excluding hydrogens is 615 g/mol. The molecule has 2 saturated carbocycles. The summed E-state index contributed by atoms with van der Waals surface area (Å²) in [4.78, 5) is 20.4. The molecule has 1 heterocycles. The van der Waals surface area contributed by atoms with Gasteiger partial charge in [0.2, 0.25) is 0 Å². The van der Waals surface area contributed by atoms with Crippen LogP contribution in [0.1, 0.15) is 136 Å². The maximum absolute atomic E-state index is 14.9. The monoisotopic (exact) mass is 663 g/mol. The molecule has 6 rings (SSSR count). The Morgan fingerprint density at radius 3 is 2.00 bits per heavy atom. The number of alkyl halides is 3. The third-order valence-electron chi connectivity index (χ3n) is 12.7. The predicted octanol–water partition coefficient (Wildman–Crippen LogP) is 12.3. The van der Waals surface area contributed by atoms with Crippen LogP contribution in [0.5, 0.6) is 0 Å². The van der Waals surface area contributed by atoms with Gasteiger partial charge in [0.1, 0.15) is 5.82 Å². The molecule has 0 N–H and O–H groups in total. The van der Waals surface area contributed by atoms with Gasteiger partial charge in [-0.1, -0.05) is 91.2 Å². The highest BCUT2D eigenvalue weighted by atomic mass is 28.3. The van der Waals surface area contributed by atoms with E-state index in [0.29, 0.717) is 5.56 Å². The Morgan fingerprint density at radius 1 is 0.894 bits per heavy atom. The second kappa shape index (κ2) is 11.7. The van der Waals surface area contributed by atoms with Gasteiger partial charge in [0.25, 0.3) is 0 Å². The van der Waals surface area contributed by atoms with Gasteiger partial charge in [0.15, 0.2) is 5.78 Å². The van der Waals surface area contributed by atoms with Gasteiger partial charge < -0.3 is 0 Å².